The molecule has 1 amide bonds. The van der Waals surface area contributed by atoms with E-state index >= 15 is 0 Å². The molecule has 0 unspecified atom stereocenters. The first-order valence-corrected chi connectivity index (χ1v) is 9.13. The number of carbonyl (C=O) groups is 1. The first kappa shape index (κ1) is 18.7. The molecule has 0 aliphatic rings. The van der Waals surface area contributed by atoms with Crippen LogP contribution >= 0.6 is 0 Å². The highest BCUT2D eigenvalue weighted by Gasteiger charge is 2.19. The van der Waals surface area contributed by atoms with E-state index in [0.29, 0.717) is 24.7 Å². The number of ether oxygens (including phenoxy) is 1. The molecule has 2 aromatic heterocycles. The number of methoxy groups -OCH3 is 1. The van der Waals surface area contributed by atoms with E-state index in [-0.39, 0.29) is 5.91 Å². The highest BCUT2D eigenvalue weighted by Crippen LogP contribution is 2.29. The lowest BCUT2D eigenvalue weighted by atomic mass is 10.3. The Kier molecular flexibility index (Phi) is 5.59. The molecule has 0 radical (unpaired) electrons. The van der Waals surface area contributed by atoms with Gasteiger partial charge in [-0.1, -0.05) is 25.1 Å². The van der Waals surface area contributed by atoms with Crippen molar-refractivity contribution >= 4 is 22.9 Å². The van der Waals surface area contributed by atoms with Crippen molar-refractivity contribution in [2.24, 2.45) is 0 Å². The van der Waals surface area contributed by atoms with Gasteiger partial charge in [-0.3, -0.25) is 14.8 Å². The molecule has 0 spiro atoms. The van der Waals surface area contributed by atoms with Gasteiger partial charge in [-0.15, -0.1) is 0 Å². The molecule has 1 aromatic carbocycles. The molecule has 3 rings (SSSR count). The average Bonchev–Trinajstić information content (AvgIpc) is 3.22. The van der Waals surface area contributed by atoms with E-state index in [1.807, 2.05) is 36.6 Å². The van der Waals surface area contributed by atoms with Gasteiger partial charge < -0.3 is 9.30 Å². The summed E-state index contributed by atoms with van der Waals surface area (Å²) in [5, 5.41) is 7.29. The number of allylic oxidation sites excluding steroid dienone is 2. The first-order chi connectivity index (χ1) is 13.1. The lowest BCUT2D eigenvalue weighted by Crippen LogP contribution is -2.19. The number of hydrogen-bond acceptors (Lipinski definition) is 4. The Labute approximate surface area is 158 Å². The summed E-state index contributed by atoms with van der Waals surface area (Å²) < 4.78 is 9.15. The second kappa shape index (κ2) is 8.07. The molecule has 2 heterocycles. The summed E-state index contributed by atoms with van der Waals surface area (Å²) in [4.78, 5) is 17.5. The first-order valence-electron chi connectivity index (χ1n) is 9.13. The molecular formula is C20H25N5O2. The Hall–Kier alpha value is -3.09. The molecule has 0 saturated heterocycles. The van der Waals surface area contributed by atoms with Crippen LogP contribution in [0.4, 0.5) is 5.95 Å². The van der Waals surface area contributed by atoms with Gasteiger partial charge in [-0.25, -0.2) is 4.98 Å². The van der Waals surface area contributed by atoms with Crippen LogP contribution in [0.1, 0.15) is 36.5 Å². The monoisotopic (exact) mass is 367 g/mol. The van der Waals surface area contributed by atoms with E-state index in [4.69, 9.17) is 4.74 Å². The third kappa shape index (κ3) is 3.72. The van der Waals surface area contributed by atoms with Gasteiger partial charge in [0.05, 0.1) is 18.3 Å². The Balaban J connectivity index is 2.03. The molecule has 0 aliphatic carbocycles. The molecule has 142 valence electrons. The molecule has 0 fully saturated rings. The molecule has 0 atom stereocenters. The summed E-state index contributed by atoms with van der Waals surface area (Å²) in [6, 6.07) is 7.48. The van der Waals surface area contributed by atoms with Crippen molar-refractivity contribution in [2.45, 2.75) is 40.3 Å². The number of hydrogen-bond donors (Lipinski definition) is 1. The normalized spacial score (nSPS) is 11.4. The molecule has 0 aliphatic heterocycles. The second-order valence-corrected chi connectivity index (χ2v) is 6.19. The lowest BCUT2D eigenvalue weighted by Gasteiger charge is -2.10. The molecule has 1 N–H and O–H groups in total. The minimum absolute atomic E-state index is 0.229. The van der Waals surface area contributed by atoms with E-state index < -0.39 is 0 Å². The van der Waals surface area contributed by atoms with Crippen molar-refractivity contribution in [1.82, 2.24) is 19.3 Å². The third-order valence-corrected chi connectivity index (χ3v) is 4.30. The number of carbonyl (C=O) groups excluding carboxylic acids is 1. The topological polar surface area (TPSA) is 74.0 Å². The van der Waals surface area contributed by atoms with Crippen LogP contribution in [-0.4, -0.2) is 32.3 Å². The van der Waals surface area contributed by atoms with Crippen LogP contribution < -0.4 is 10.1 Å². The molecule has 0 bridgehead atoms. The number of benzene rings is 1. The number of para-hydroxylation sites is 1. The maximum atomic E-state index is 12.8. The number of rotatable bonds is 7. The number of amides is 1. The van der Waals surface area contributed by atoms with Crippen LogP contribution in [0.25, 0.3) is 11.0 Å². The molecular weight excluding hydrogens is 342 g/mol. The van der Waals surface area contributed by atoms with Crippen LogP contribution in [0, 0.1) is 6.92 Å². The molecule has 7 nitrogen and oxygen atoms in total. The van der Waals surface area contributed by atoms with Crippen molar-refractivity contribution in [3.63, 3.8) is 0 Å². The van der Waals surface area contributed by atoms with Crippen LogP contribution in [0.2, 0.25) is 0 Å². The fraction of sp³-hybridized carbons (Fsp3) is 0.350. The van der Waals surface area contributed by atoms with Crippen molar-refractivity contribution in [2.75, 3.05) is 12.4 Å². The quantitative estimate of drug-likeness (QED) is 0.645. The molecule has 27 heavy (non-hydrogen) atoms. The van der Waals surface area contributed by atoms with Gasteiger partial charge in [0.2, 0.25) is 5.95 Å². The Morgan fingerprint density at radius 2 is 2.11 bits per heavy atom. The molecule has 3 aromatic rings. The van der Waals surface area contributed by atoms with Crippen molar-refractivity contribution < 1.29 is 9.53 Å². The Bertz CT molecular complexity index is 984. The maximum absolute atomic E-state index is 12.8. The van der Waals surface area contributed by atoms with Crippen molar-refractivity contribution in [1.29, 1.82) is 0 Å². The van der Waals surface area contributed by atoms with Gasteiger partial charge >= 0.3 is 0 Å². The van der Waals surface area contributed by atoms with Gasteiger partial charge in [0.25, 0.3) is 5.91 Å². The fourth-order valence-corrected chi connectivity index (χ4v) is 3.07. The third-order valence-electron chi connectivity index (χ3n) is 4.30. The number of nitrogens with zero attached hydrogens (tertiary/aromatic N) is 4. The minimum Gasteiger partial charge on any atom is -0.494 e. The summed E-state index contributed by atoms with van der Waals surface area (Å²) in [5.41, 5.74) is 2.96. The number of aromatic nitrogens is 4. The minimum atomic E-state index is -0.229. The number of imidazole rings is 1. The SMILES string of the molecule is CC/C=C/Cn1c(NC(=O)c2cc(C)nn2CC)nc2cccc(OC)c21. The van der Waals surface area contributed by atoms with Crippen molar-refractivity contribution in [3.8, 4) is 5.75 Å². The standard InChI is InChI=1S/C20H25N5O2/c1-5-7-8-12-24-18-15(10-9-11-17(18)27-4)21-20(24)22-19(26)16-13-14(3)23-25(16)6-2/h7-11,13H,5-6,12H2,1-4H3,(H,21,22,26)/b8-7+. The Morgan fingerprint density at radius 1 is 1.30 bits per heavy atom. The van der Waals surface area contributed by atoms with E-state index in [9.17, 15) is 4.79 Å². The van der Waals surface area contributed by atoms with E-state index in [1.54, 1.807) is 17.9 Å². The van der Waals surface area contributed by atoms with Gasteiger partial charge in [0.15, 0.2) is 0 Å². The highest BCUT2D eigenvalue weighted by atomic mass is 16.5. The zero-order valence-electron chi connectivity index (χ0n) is 16.2. The van der Waals surface area contributed by atoms with Crippen LogP contribution in [0.5, 0.6) is 5.75 Å². The number of nitrogens with one attached hydrogen (secondary N) is 1. The van der Waals surface area contributed by atoms with E-state index in [2.05, 4.69) is 34.5 Å². The predicted molar refractivity (Wildman–Crippen MR) is 106 cm³/mol. The highest BCUT2D eigenvalue weighted by molar-refractivity contribution is 6.03. The predicted octanol–water partition coefficient (Wildman–Crippen LogP) is 3.79. The number of anilines is 1. The summed E-state index contributed by atoms with van der Waals surface area (Å²) in [7, 11) is 1.63. The largest absolute Gasteiger partial charge is 0.494 e. The zero-order chi connectivity index (χ0) is 19.4. The maximum Gasteiger partial charge on any atom is 0.276 e. The summed E-state index contributed by atoms with van der Waals surface area (Å²) >= 11 is 0. The summed E-state index contributed by atoms with van der Waals surface area (Å²) in [6.07, 6.45) is 5.09. The fourth-order valence-electron chi connectivity index (χ4n) is 3.07. The number of fused-ring (bicyclic) bond motifs is 1. The van der Waals surface area contributed by atoms with Gasteiger partial charge in [0, 0.05) is 13.1 Å². The lowest BCUT2D eigenvalue weighted by molar-refractivity contribution is 0.101. The van der Waals surface area contributed by atoms with Gasteiger partial charge in [-0.2, -0.15) is 5.10 Å². The van der Waals surface area contributed by atoms with Gasteiger partial charge in [0.1, 0.15) is 17.0 Å². The van der Waals surface area contributed by atoms with E-state index in [0.717, 1.165) is 28.9 Å². The Morgan fingerprint density at radius 3 is 2.81 bits per heavy atom. The summed E-state index contributed by atoms with van der Waals surface area (Å²) in [5.74, 6) is 0.981. The van der Waals surface area contributed by atoms with Crippen LogP contribution in [0.15, 0.2) is 36.4 Å². The van der Waals surface area contributed by atoms with Crippen LogP contribution in [0.3, 0.4) is 0 Å². The molecule has 0 saturated carbocycles. The van der Waals surface area contributed by atoms with Crippen molar-refractivity contribution in [3.05, 3.63) is 47.8 Å². The number of aryl methyl sites for hydroxylation is 2. The van der Waals surface area contributed by atoms with Crippen LogP contribution in [-0.2, 0) is 13.1 Å². The summed E-state index contributed by atoms with van der Waals surface area (Å²) in [6.45, 7) is 7.13. The smallest absolute Gasteiger partial charge is 0.276 e. The second-order valence-electron chi connectivity index (χ2n) is 6.19. The van der Waals surface area contributed by atoms with Gasteiger partial charge in [-0.05, 0) is 38.5 Å². The average molecular weight is 367 g/mol. The van der Waals surface area contributed by atoms with E-state index in [1.165, 1.54) is 0 Å². The molecule has 7 heteroatoms. The zero-order valence-corrected chi connectivity index (χ0v) is 16.2.